The van der Waals surface area contributed by atoms with E-state index < -0.39 is 5.41 Å². The molecule has 1 aliphatic carbocycles. The normalized spacial score (nSPS) is 16.6. The Balaban J connectivity index is 1.02. The SMILES string of the molecule is C1=C(c2ccccc2)C=C(c2ccccc2)NC1c1cccc2c1-c1cc(-c3ccc4c5ccccc5n(-c5ccccc5)c4c3)ccc1C21c2ccccc2-n2c3ccccc3c3cccc1c32. The Morgan fingerprint density at radius 1 is 0.391 bits per heavy atom. The van der Waals surface area contributed by atoms with Crippen LogP contribution in [0.3, 0.4) is 0 Å². The van der Waals surface area contributed by atoms with Crippen LogP contribution in [-0.2, 0) is 5.41 Å². The van der Waals surface area contributed by atoms with Crippen LogP contribution in [0, 0.1) is 0 Å². The fourth-order valence-corrected chi connectivity index (χ4v) is 12.5. The van der Waals surface area contributed by atoms with Gasteiger partial charge in [-0.3, -0.25) is 0 Å². The molecule has 2 aliphatic heterocycles. The lowest BCUT2D eigenvalue weighted by molar-refractivity contribution is 0.740. The number of dihydropyridines is 1. The van der Waals surface area contributed by atoms with Gasteiger partial charge in [0, 0.05) is 32.9 Å². The molecule has 15 rings (SSSR count). The highest BCUT2D eigenvalue weighted by Crippen LogP contribution is 2.62. The van der Waals surface area contributed by atoms with Gasteiger partial charge < -0.3 is 14.5 Å². The van der Waals surface area contributed by atoms with Gasteiger partial charge in [0.25, 0.3) is 0 Å². The van der Waals surface area contributed by atoms with Crippen molar-refractivity contribution in [3.05, 3.63) is 288 Å². The van der Waals surface area contributed by atoms with E-state index in [9.17, 15) is 0 Å². The number of aromatic nitrogens is 2. The van der Waals surface area contributed by atoms with Gasteiger partial charge in [0.2, 0.25) is 0 Å². The van der Waals surface area contributed by atoms with Crippen molar-refractivity contribution in [1.29, 1.82) is 0 Å². The first-order valence-corrected chi connectivity index (χ1v) is 24.0. The lowest BCUT2D eigenvalue weighted by Crippen LogP contribution is -2.33. The summed E-state index contributed by atoms with van der Waals surface area (Å²) in [7, 11) is 0. The molecule has 2 aromatic heterocycles. The molecule has 3 aliphatic rings. The Kier molecular flexibility index (Phi) is 8.05. The fraction of sp³-hybridized carbons (Fsp3) is 0.0303. The summed E-state index contributed by atoms with van der Waals surface area (Å²) in [6, 6.07) is 87.7. The molecule has 10 aromatic carbocycles. The number of hydrogen-bond acceptors (Lipinski definition) is 1. The smallest absolute Gasteiger partial charge is 0.0754 e. The van der Waals surface area contributed by atoms with Gasteiger partial charge in [-0.2, -0.15) is 0 Å². The Hall–Kier alpha value is -8.92. The first kappa shape index (κ1) is 38.2. The minimum atomic E-state index is -0.595. The molecule has 322 valence electrons. The Labute approximate surface area is 400 Å². The molecule has 0 fully saturated rings. The zero-order valence-corrected chi connectivity index (χ0v) is 37.6. The van der Waals surface area contributed by atoms with Gasteiger partial charge in [-0.1, -0.05) is 194 Å². The van der Waals surface area contributed by atoms with Gasteiger partial charge in [0.1, 0.15) is 0 Å². The van der Waals surface area contributed by atoms with Gasteiger partial charge in [-0.25, -0.2) is 0 Å². The quantitative estimate of drug-likeness (QED) is 0.183. The minimum Gasteiger partial charge on any atom is -0.374 e. The molecule has 2 unspecified atom stereocenters. The molecule has 1 N–H and O–H groups in total. The average Bonchev–Trinajstić information content (AvgIpc) is 4.05. The number of nitrogens with one attached hydrogen (secondary N) is 1. The van der Waals surface area contributed by atoms with Gasteiger partial charge in [-0.15, -0.1) is 0 Å². The minimum absolute atomic E-state index is 0.124. The van der Waals surface area contributed by atoms with E-state index in [2.05, 4.69) is 263 Å². The highest BCUT2D eigenvalue weighted by Gasteiger charge is 2.51. The summed E-state index contributed by atoms with van der Waals surface area (Å²) in [5.41, 5.74) is 22.8. The van der Waals surface area contributed by atoms with Crippen LogP contribution in [0.15, 0.2) is 249 Å². The zero-order chi connectivity index (χ0) is 45.2. The van der Waals surface area contributed by atoms with E-state index in [0.717, 1.165) is 11.4 Å². The van der Waals surface area contributed by atoms with Crippen LogP contribution in [0.2, 0.25) is 0 Å². The molecule has 2 atom stereocenters. The Morgan fingerprint density at radius 3 is 1.80 bits per heavy atom. The number of allylic oxidation sites excluding steroid dienone is 2. The fourth-order valence-electron chi connectivity index (χ4n) is 12.5. The van der Waals surface area contributed by atoms with Crippen molar-refractivity contribution in [2.45, 2.75) is 11.5 Å². The van der Waals surface area contributed by atoms with Gasteiger partial charge >= 0.3 is 0 Å². The third kappa shape index (κ3) is 5.33. The van der Waals surface area contributed by atoms with E-state index in [1.54, 1.807) is 0 Å². The predicted molar refractivity (Wildman–Crippen MR) is 286 cm³/mol. The van der Waals surface area contributed by atoms with Crippen molar-refractivity contribution in [2.75, 3.05) is 0 Å². The van der Waals surface area contributed by atoms with Crippen molar-refractivity contribution < 1.29 is 0 Å². The zero-order valence-electron chi connectivity index (χ0n) is 37.6. The predicted octanol–water partition coefficient (Wildman–Crippen LogP) is 16.0. The molecule has 0 bridgehead atoms. The van der Waals surface area contributed by atoms with E-state index in [1.807, 2.05) is 0 Å². The van der Waals surface area contributed by atoms with Crippen molar-refractivity contribution in [3.63, 3.8) is 0 Å². The van der Waals surface area contributed by atoms with Crippen LogP contribution in [0.5, 0.6) is 0 Å². The first-order valence-electron chi connectivity index (χ1n) is 24.0. The van der Waals surface area contributed by atoms with Crippen molar-refractivity contribution >= 4 is 54.9 Å². The second-order valence-corrected chi connectivity index (χ2v) is 18.8. The largest absolute Gasteiger partial charge is 0.374 e. The maximum absolute atomic E-state index is 4.09. The summed E-state index contributed by atoms with van der Waals surface area (Å²) in [5, 5.41) is 9.15. The summed E-state index contributed by atoms with van der Waals surface area (Å²) in [6.07, 6.45) is 4.76. The molecule has 3 heteroatoms. The summed E-state index contributed by atoms with van der Waals surface area (Å²) in [6.45, 7) is 0. The van der Waals surface area contributed by atoms with Crippen molar-refractivity contribution in [2.24, 2.45) is 0 Å². The molecule has 0 saturated heterocycles. The number of hydrogen-bond donors (Lipinski definition) is 1. The van der Waals surface area contributed by atoms with E-state index in [1.165, 1.54) is 116 Å². The molecule has 1 spiro atoms. The van der Waals surface area contributed by atoms with Crippen molar-refractivity contribution in [3.8, 4) is 33.6 Å². The summed E-state index contributed by atoms with van der Waals surface area (Å²) < 4.78 is 4.96. The van der Waals surface area contributed by atoms with Crippen LogP contribution < -0.4 is 5.32 Å². The molecular formula is C66H43N3. The molecule has 0 amide bonds. The molecule has 0 saturated carbocycles. The Morgan fingerprint density at radius 2 is 0.986 bits per heavy atom. The summed E-state index contributed by atoms with van der Waals surface area (Å²) in [4.78, 5) is 0. The number of benzene rings is 10. The molecule has 4 heterocycles. The number of nitrogens with zero attached hydrogens (tertiary/aromatic N) is 2. The Bertz CT molecular complexity index is 4150. The van der Waals surface area contributed by atoms with Crippen LogP contribution in [0.4, 0.5) is 0 Å². The van der Waals surface area contributed by atoms with Gasteiger partial charge in [0.15, 0.2) is 0 Å². The van der Waals surface area contributed by atoms with Crippen LogP contribution in [0.1, 0.15) is 45.0 Å². The standard InChI is InChI=1S/C66H43N3/c1-4-18-42(19-5-1)46-39-58(43-20-6-2-7-21-43)67-59(40-46)52-27-17-29-56-64(52)53-38-44(45-34-36-50-48-24-10-13-31-60(48)68(63(50)41-45)47-22-8-3-9-23-47)35-37-54(53)66(56)55-28-12-15-33-62(55)69-61-32-14-11-25-49(61)51-26-16-30-57(66)65(51)69/h1-41,59,67H. The van der Waals surface area contributed by atoms with Gasteiger partial charge in [0.05, 0.1) is 39.2 Å². The van der Waals surface area contributed by atoms with E-state index >= 15 is 0 Å². The average molecular weight is 878 g/mol. The molecule has 0 radical (unpaired) electrons. The van der Waals surface area contributed by atoms with Crippen LogP contribution in [-0.4, -0.2) is 9.13 Å². The van der Waals surface area contributed by atoms with Gasteiger partial charge in [-0.05, 0) is 121 Å². The van der Waals surface area contributed by atoms with E-state index in [0.29, 0.717) is 0 Å². The summed E-state index contributed by atoms with van der Waals surface area (Å²) >= 11 is 0. The van der Waals surface area contributed by atoms with Crippen LogP contribution in [0.25, 0.3) is 88.5 Å². The van der Waals surface area contributed by atoms with Crippen LogP contribution >= 0.6 is 0 Å². The van der Waals surface area contributed by atoms with E-state index in [4.69, 9.17) is 0 Å². The maximum Gasteiger partial charge on any atom is 0.0754 e. The first-order chi connectivity index (χ1) is 34.2. The monoisotopic (exact) mass is 877 g/mol. The maximum atomic E-state index is 4.09. The topological polar surface area (TPSA) is 21.9 Å². The number of rotatable bonds is 5. The second-order valence-electron chi connectivity index (χ2n) is 18.8. The number of para-hydroxylation sites is 5. The molecule has 3 nitrogen and oxygen atoms in total. The third-order valence-corrected chi connectivity index (χ3v) is 15.3. The molecule has 69 heavy (non-hydrogen) atoms. The third-order valence-electron chi connectivity index (χ3n) is 15.3. The lowest BCUT2D eigenvalue weighted by Gasteiger charge is -2.39. The highest BCUT2D eigenvalue weighted by molar-refractivity contribution is 6.13. The summed E-state index contributed by atoms with van der Waals surface area (Å²) in [5.74, 6) is 0. The molecule has 12 aromatic rings. The van der Waals surface area contributed by atoms with Crippen molar-refractivity contribution in [1.82, 2.24) is 14.5 Å². The number of fused-ring (bicyclic) bond motifs is 15. The lowest BCUT2D eigenvalue weighted by atomic mass is 9.65. The molecular weight excluding hydrogens is 835 g/mol. The van der Waals surface area contributed by atoms with E-state index in [-0.39, 0.29) is 6.04 Å². The second kappa shape index (κ2) is 14.5. The highest BCUT2D eigenvalue weighted by atomic mass is 15.0.